The Kier molecular flexibility index (Phi) is 2.05. The van der Waals surface area contributed by atoms with Crippen molar-refractivity contribution in [3.63, 3.8) is 0 Å². The first-order chi connectivity index (χ1) is 8.83. The zero-order valence-corrected chi connectivity index (χ0v) is 10.3. The fourth-order valence-corrected chi connectivity index (χ4v) is 2.57. The van der Waals surface area contributed by atoms with Gasteiger partial charge in [0.1, 0.15) is 0 Å². The molecule has 1 saturated carbocycles. The molecule has 4 rings (SSSR count). The lowest BCUT2D eigenvalue weighted by atomic mass is 10.1. The van der Waals surface area contributed by atoms with Gasteiger partial charge in [0.25, 0.3) is 0 Å². The van der Waals surface area contributed by atoms with E-state index < -0.39 is 0 Å². The molecule has 1 aliphatic heterocycles. The summed E-state index contributed by atoms with van der Waals surface area (Å²) in [4.78, 5) is 13.8. The molecule has 0 amide bonds. The van der Waals surface area contributed by atoms with Gasteiger partial charge in [0, 0.05) is 44.0 Å². The summed E-state index contributed by atoms with van der Waals surface area (Å²) in [6, 6.07) is 0. The van der Waals surface area contributed by atoms with Gasteiger partial charge in [-0.05, 0) is 12.8 Å². The van der Waals surface area contributed by atoms with Crippen molar-refractivity contribution in [2.75, 3.05) is 0 Å². The number of rotatable bonds is 2. The lowest BCUT2D eigenvalue weighted by Gasteiger charge is -2.08. The van der Waals surface area contributed by atoms with E-state index in [1.54, 1.807) is 6.20 Å². The second-order valence-electron chi connectivity index (χ2n) is 5.10. The number of hydrogen-bond donors (Lipinski definition) is 1. The average molecular weight is 241 g/mol. The van der Waals surface area contributed by atoms with Gasteiger partial charge in [-0.25, -0.2) is 15.0 Å². The molecule has 5 heteroatoms. The summed E-state index contributed by atoms with van der Waals surface area (Å²) in [5.74, 6) is 2.28. The van der Waals surface area contributed by atoms with Crippen LogP contribution in [0.4, 0.5) is 0 Å². The van der Waals surface area contributed by atoms with Crippen LogP contribution in [0.2, 0.25) is 0 Å². The van der Waals surface area contributed by atoms with E-state index in [4.69, 9.17) is 4.98 Å². The minimum Gasteiger partial charge on any atom is -0.331 e. The summed E-state index contributed by atoms with van der Waals surface area (Å²) in [5.41, 5.74) is 3.74. The quantitative estimate of drug-likeness (QED) is 0.862. The van der Waals surface area contributed by atoms with E-state index in [2.05, 4.69) is 15.3 Å². The first-order valence-electron chi connectivity index (χ1n) is 6.41. The van der Waals surface area contributed by atoms with Gasteiger partial charge in [-0.2, -0.15) is 0 Å². The molecule has 0 saturated heterocycles. The van der Waals surface area contributed by atoms with Gasteiger partial charge in [0.2, 0.25) is 0 Å². The summed E-state index contributed by atoms with van der Waals surface area (Å²) in [6.07, 6.45) is 6.26. The number of nitrogens with zero attached hydrogens (tertiary/aromatic N) is 4. The Morgan fingerprint density at radius 3 is 2.89 bits per heavy atom. The van der Waals surface area contributed by atoms with E-state index in [-0.39, 0.29) is 0 Å². The molecule has 5 nitrogen and oxygen atoms in total. The molecule has 1 fully saturated rings. The molecule has 2 aliphatic rings. The van der Waals surface area contributed by atoms with E-state index in [0.717, 1.165) is 30.4 Å². The first kappa shape index (κ1) is 10.2. The molecule has 0 aromatic carbocycles. The van der Waals surface area contributed by atoms with Crippen LogP contribution in [0.25, 0.3) is 11.6 Å². The zero-order chi connectivity index (χ0) is 12.1. The van der Waals surface area contributed by atoms with Gasteiger partial charge >= 0.3 is 0 Å². The van der Waals surface area contributed by atoms with Gasteiger partial charge in [-0.1, -0.05) is 0 Å². The van der Waals surface area contributed by atoms with Gasteiger partial charge < -0.3 is 9.88 Å². The third kappa shape index (κ3) is 1.47. The Labute approximate surface area is 105 Å². The number of nitrogens with one attached hydrogen (secondary N) is 1. The molecule has 18 heavy (non-hydrogen) atoms. The highest BCUT2D eigenvalue weighted by Crippen LogP contribution is 2.42. The molecule has 0 spiro atoms. The third-order valence-corrected chi connectivity index (χ3v) is 3.70. The standard InChI is InChI=1S/C13H15N5/c1-18-5-4-15-13(18)12-16-10-7-14-6-9(10)11(17-12)8-2-3-8/h4-5,8,14H,2-3,6-7H2,1H3. The highest BCUT2D eigenvalue weighted by Gasteiger charge is 2.31. The molecule has 2 aromatic rings. The molecule has 0 unspecified atom stereocenters. The summed E-state index contributed by atoms with van der Waals surface area (Å²) < 4.78 is 1.97. The predicted molar refractivity (Wildman–Crippen MR) is 66.8 cm³/mol. The van der Waals surface area contributed by atoms with Crippen molar-refractivity contribution in [2.24, 2.45) is 7.05 Å². The van der Waals surface area contributed by atoms with E-state index in [0.29, 0.717) is 5.92 Å². The average Bonchev–Trinajstić information content (AvgIpc) is 2.95. The number of fused-ring (bicyclic) bond motifs is 1. The third-order valence-electron chi connectivity index (χ3n) is 3.70. The molecular weight excluding hydrogens is 226 g/mol. The lowest BCUT2D eigenvalue weighted by Crippen LogP contribution is -2.05. The summed E-state index contributed by atoms with van der Waals surface area (Å²) >= 11 is 0. The van der Waals surface area contributed by atoms with Crippen LogP contribution < -0.4 is 5.32 Å². The van der Waals surface area contributed by atoms with Crippen LogP contribution in [0.1, 0.15) is 35.7 Å². The Morgan fingerprint density at radius 2 is 2.17 bits per heavy atom. The van der Waals surface area contributed by atoms with Crippen LogP contribution in [-0.4, -0.2) is 19.5 Å². The number of imidazole rings is 1. The molecule has 1 N–H and O–H groups in total. The number of hydrogen-bond acceptors (Lipinski definition) is 4. The fourth-order valence-electron chi connectivity index (χ4n) is 2.57. The SMILES string of the molecule is Cn1ccnc1-c1nc2c(c(C3CC3)n1)CNC2. The largest absolute Gasteiger partial charge is 0.331 e. The minimum absolute atomic E-state index is 0.653. The smallest absolute Gasteiger partial charge is 0.196 e. The number of aromatic nitrogens is 4. The Hall–Kier alpha value is -1.75. The first-order valence-corrected chi connectivity index (χ1v) is 6.41. The molecule has 0 bridgehead atoms. The Bertz CT molecular complexity index is 612. The van der Waals surface area contributed by atoms with Crippen LogP contribution in [0.5, 0.6) is 0 Å². The van der Waals surface area contributed by atoms with Crippen LogP contribution in [0.15, 0.2) is 12.4 Å². The Morgan fingerprint density at radius 1 is 1.28 bits per heavy atom. The van der Waals surface area contributed by atoms with E-state index in [1.807, 2.05) is 17.8 Å². The maximum Gasteiger partial charge on any atom is 0.196 e. The molecule has 0 radical (unpaired) electrons. The van der Waals surface area contributed by atoms with Crippen LogP contribution in [0.3, 0.4) is 0 Å². The summed E-state index contributed by atoms with van der Waals surface area (Å²) in [7, 11) is 1.98. The normalized spacial score (nSPS) is 18.1. The monoisotopic (exact) mass is 241 g/mol. The van der Waals surface area contributed by atoms with Gasteiger partial charge in [0.05, 0.1) is 11.4 Å². The van der Waals surface area contributed by atoms with E-state index in [9.17, 15) is 0 Å². The highest BCUT2D eigenvalue weighted by molar-refractivity contribution is 5.48. The van der Waals surface area contributed by atoms with Crippen molar-refractivity contribution in [2.45, 2.75) is 31.8 Å². The molecule has 1 aliphatic carbocycles. The number of aryl methyl sites for hydroxylation is 1. The summed E-state index contributed by atoms with van der Waals surface area (Å²) in [6.45, 7) is 1.77. The molecule has 3 heterocycles. The minimum atomic E-state index is 0.653. The second-order valence-corrected chi connectivity index (χ2v) is 5.10. The maximum atomic E-state index is 4.78. The summed E-state index contributed by atoms with van der Waals surface area (Å²) in [5, 5.41) is 3.37. The van der Waals surface area contributed by atoms with Crippen LogP contribution >= 0.6 is 0 Å². The van der Waals surface area contributed by atoms with Gasteiger partial charge in [-0.15, -0.1) is 0 Å². The molecule has 0 atom stereocenters. The van der Waals surface area contributed by atoms with E-state index in [1.165, 1.54) is 24.1 Å². The van der Waals surface area contributed by atoms with Crippen molar-refractivity contribution < 1.29 is 0 Å². The molecule has 2 aromatic heterocycles. The topological polar surface area (TPSA) is 55.6 Å². The van der Waals surface area contributed by atoms with Crippen molar-refractivity contribution in [3.8, 4) is 11.6 Å². The maximum absolute atomic E-state index is 4.78. The van der Waals surface area contributed by atoms with Crippen molar-refractivity contribution >= 4 is 0 Å². The second kappa shape index (κ2) is 3.62. The lowest BCUT2D eigenvalue weighted by molar-refractivity contribution is 0.755. The Balaban J connectivity index is 1.90. The molecule has 92 valence electrons. The molecular formula is C13H15N5. The predicted octanol–water partition coefficient (Wildman–Crippen LogP) is 1.36. The van der Waals surface area contributed by atoms with Crippen LogP contribution in [-0.2, 0) is 20.1 Å². The zero-order valence-electron chi connectivity index (χ0n) is 10.3. The van der Waals surface area contributed by atoms with Crippen molar-refractivity contribution in [1.29, 1.82) is 0 Å². The van der Waals surface area contributed by atoms with Gasteiger partial charge in [0.15, 0.2) is 11.6 Å². The van der Waals surface area contributed by atoms with Gasteiger partial charge in [-0.3, -0.25) is 0 Å². The van der Waals surface area contributed by atoms with Crippen molar-refractivity contribution in [1.82, 2.24) is 24.8 Å². The van der Waals surface area contributed by atoms with Crippen molar-refractivity contribution in [3.05, 3.63) is 29.3 Å². The van der Waals surface area contributed by atoms with E-state index >= 15 is 0 Å². The fraction of sp³-hybridized carbons (Fsp3) is 0.462. The van der Waals surface area contributed by atoms with Crippen LogP contribution in [0, 0.1) is 0 Å². The highest BCUT2D eigenvalue weighted by atomic mass is 15.1.